The molecule has 1 saturated heterocycles. The molecule has 2 aromatic heterocycles. The first kappa shape index (κ1) is 22.7. The molecule has 2 aliphatic rings. The smallest absolute Gasteiger partial charge is 0.254 e. The molecule has 1 N–H and O–H groups in total. The molecular formula is C25H30N4O2S2. The highest BCUT2D eigenvalue weighted by molar-refractivity contribution is 7.98. The lowest BCUT2D eigenvalue weighted by atomic mass is 9.99. The van der Waals surface area contributed by atoms with Crippen molar-refractivity contribution in [1.29, 1.82) is 0 Å². The molecule has 8 heteroatoms. The number of benzene rings is 1. The van der Waals surface area contributed by atoms with Crippen LogP contribution in [0.2, 0.25) is 0 Å². The zero-order chi connectivity index (χ0) is 22.9. The highest BCUT2D eigenvalue weighted by atomic mass is 32.2. The number of hydrogen-bond donors (Lipinski definition) is 1. The molecule has 1 aromatic carbocycles. The first-order valence-electron chi connectivity index (χ1n) is 11.7. The number of aliphatic hydroxyl groups is 1. The molecule has 1 amide bonds. The maximum absolute atomic E-state index is 12.9. The highest BCUT2D eigenvalue weighted by Crippen LogP contribution is 2.36. The molecule has 0 spiro atoms. The quantitative estimate of drug-likeness (QED) is 0.523. The summed E-state index contributed by atoms with van der Waals surface area (Å²) in [6, 6.07) is 5.81. The molecular weight excluding hydrogens is 452 g/mol. The fourth-order valence-corrected chi connectivity index (χ4v) is 6.54. The van der Waals surface area contributed by atoms with Crippen LogP contribution in [0.15, 0.2) is 35.5 Å². The summed E-state index contributed by atoms with van der Waals surface area (Å²) in [4.78, 5) is 29.6. The Morgan fingerprint density at radius 3 is 2.64 bits per heavy atom. The molecule has 0 unspecified atom stereocenters. The van der Waals surface area contributed by atoms with Gasteiger partial charge in [-0.25, -0.2) is 15.0 Å². The predicted molar refractivity (Wildman–Crippen MR) is 133 cm³/mol. The van der Waals surface area contributed by atoms with Crippen LogP contribution < -0.4 is 0 Å². The van der Waals surface area contributed by atoms with Gasteiger partial charge in [-0.05, 0) is 55.6 Å². The number of rotatable bonds is 6. The molecule has 5 rings (SSSR count). The Labute approximate surface area is 202 Å². The summed E-state index contributed by atoms with van der Waals surface area (Å²) < 4.78 is 1.07. The normalized spacial score (nSPS) is 25.2. The average molecular weight is 483 g/mol. The van der Waals surface area contributed by atoms with Gasteiger partial charge in [0.1, 0.15) is 5.82 Å². The van der Waals surface area contributed by atoms with Crippen LogP contribution in [0.25, 0.3) is 10.2 Å². The third kappa shape index (κ3) is 5.08. The van der Waals surface area contributed by atoms with Crippen molar-refractivity contribution in [1.82, 2.24) is 19.9 Å². The van der Waals surface area contributed by atoms with Crippen LogP contribution in [-0.2, 0) is 12.8 Å². The lowest BCUT2D eigenvalue weighted by Gasteiger charge is -2.15. The number of carbonyl (C=O) groups excluding carboxylic acids is 1. The Morgan fingerprint density at radius 1 is 1.18 bits per heavy atom. The van der Waals surface area contributed by atoms with E-state index in [1.165, 1.54) is 19.3 Å². The van der Waals surface area contributed by atoms with E-state index in [-0.39, 0.29) is 11.8 Å². The van der Waals surface area contributed by atoms with Gasteiger partial charge in [0.05, 0.1) is 21.3 Å². The number of aliphatic hydroxyl groups excluding tert-OH is 1. The number of fused-ring (bicyclic) bond motifs is 1. The van der Waals surface area contributed by atoms with Crippen LogP contribution >= 0.6 is 23.1 Å². The maximum atomic E-state index is 12.9. The van der Waals surface area contributed by atoms with E-state index < -0.39 is 6.10 Å². The Morgan fingerprint density at radius 2 is 1.94 bits per heavy atom. The van der Waals surface area contributed by atoms with E-state index in [0.29, 0.717) is 30.5 Å². The minimum atomic E-state index is -0.427. The molecule has 4 atom stereocenters. The van der Waals surface area contributed by atoms with E-state index in [0.717, 1.165) is 38.8 Å². The Hall–Kier alpha value is -2.03. The van der Waals surface area contributed by atoms with Gasteiger partial charge in [0.25, 0.3) is 5.91 Å². The number of β-amino-alcohol motifs (C(OH)–C–C–N with tert-alkyl or cyclic N) is 1. The number of hydrogen-bond acceptors (Lipinski definition) is 7. The standard InChI is InChI=1S/C25H30N4O2S2/c1-15-13-29(14-21(15)30)25(31)18-5-6-20-22(10-18)33-24(28-20)9-17-4-3-16(7-17)8-23-26-11-19(32-2)12-27-23/h5-6,10-12,15-17,21,30H,3-4,7-9,13-14H2,1-2H3/t15-,16-,17-,21+/m0/s1. The monoisotopic (exact) mass is 482 g/mol. The molecule has 33 heavy (non-hydrogen) atoms. The Kier molecular flexibility index (Phi) is 6.67. The second-order valence-electron chi connectivity index (χ2n) is 9.54. The van der Waals surface area contributed by atoms with Crippen molar-refractivity contribution in [3.63, 3.8) is 0 Å². The van der Waals surface area contributed by atoms with E-state index in [9.17, 15) is 9.90 Å². The van der Waals surface area contributed by atoms with Gasteiger partial charge in [0.2, 0.25) is 0 Å². The largest absolute Gasteiger partial charge is 0.391 e. The summed E-state index contributed by atoms with van der Waals surface area (Å²) in [5, 5.41) is 11.1. The SMILES string of the molecule is CSc1cnc(C[C@H]2CC[C@H](Cc3nc4ccc(C(=O)N5C[C@@H](O)[C@@H](C)C5)cc4s3)C2)nc1. The molecule has 3 aromatic rings. The van der Waals surface area contributed by atoms with Crippen molar-refractivity contribution in [3.05, 3.63) is 47.0 Å². The van der Waals surface area contributed by atoms with Crippen molar-refractivity contribution < 1.29 is 9.90 Å². The summed E-state index contributed by atoms with van der Waals surface area (Å²) in [6.45, 7) is 3.02. The van der Waals surface area contributed by atoms with E-state index in [2.05, 4.69) is 9.97 Å². The van der Waals surface area contributed by atoms with Crippen molar-refractivity contribution >= 4 is 39.2 Å². The highest BCUT2D eigenvalue weighted by Gasteiger charge is 2.31. The summed E-state index contributed by atoms with van der Waals surface area (Å²) in [5.74, 6) is 2.38. The van der Waals surface area contributed by atoms with Gasteiger partial charge < -0.3 is 10.0 Å². The second kappa shape index (κ2) is 9.68. The fourth-order valence-electron chi connectivity index (χ4n) is 5.10. The number of carbonyl (C=O) groups is 1. The van der Waals surface area contributed by atoms with Gasteiger partial charge in [-0.2, -0.15) is 0 Å². The summed E-state index contributed by atoms with van der Waals surface area (Å²) in [6.07, 6.45) is 11.1. The summed E-state index contributed by atoms with van der Waals surface area (Å²) in [5.41, 5.74) is 1.66. The van der Waals surface area contributed by atoms with Crippen molar-refractivity contribution in [2.45, 2.75) is 50.0 Å². The second-order valence-corrected chi connectivity index (χ2v) is 11.5. The Bertz CT molecular complexity index is 1120. The van der Waals surface area contributed by atoms with E-state index in [1.54, 1.807) is 28.0 Å². The maximum Gasteiger partial charge on any atom is 0.254 e. The number of thiazole rings is 1. The van der Waals surface area contributed by atoms with Gasteiger partial charge in [-0.15, -0.1) is 23.1 Å². The lowest BCUT2D eigenvalue weighted by Crippen LogP contribution is -2.29. The number of nitrogens with zero attached hydrogens (tertiary/aromatic N) is 4. The van der Waals surface area contributed by atoms with Gasteiger partial charge in [0.15, 0.2) is 0 Å². The third-order valence-corrected chi connectivity index (χ3v) is 8.76. The predicted octanol–water partition coefficient (Wildman–Crippen LogP) is 4.46. The van der Waals surface area contributed by atoms with Crippen LogP contribution in [0.4, 0.5) is 0 Å². The van der Waals surface area contributed by atoms with Crippen LogP contribution in [0.1, 0.15) is 47.4 Å². The zero-order valence-corrected chi connectivity index (χ0v) is 20.7. The van der Waals surface area contributed by atoms with Gasteiger partial charge in [-0.3, -0.25) is 4.79 Å². The molecule has 174 valence electrons. The van der Waals surface area contributed by atoms with Gasteiger partial charge in [0, 0.05) is 54.7 Å². The number of thioether (sulfide) groups is 1. The first-order valence-corrected chi connectivity index (χ1v) is 13.7. The van der Waals surface area contributed by atoms with E-state index in [1.807, 2.05) is 43.8 Å². The molecule has 1 aliphatic heterocycles. The summed E-state index contributed by atoms with van der Waals surface area (Å²) >= 11 is 3.38. The minimum absolute atomic E-state index is 0.00154. The zero-order valence-electron chi connectivity index (χ0n) is 19.1. The van der Waals surface area contributed by atoms with Gasteiger partial charge >= 0.3 is 0 Å². The number of amides is 1. The lowest BCUT2D eigenvalue weighted by molar-refractivity contribution is 0.0765. The molecule has 3 heterocycles. The molecule has 6 nitrogen and oxygen atoms in total. The van der Waals surface area contributed by atoms with Crippen LogP contribution in [0.3, 0.4) is 0 Å². The van der Waals surface area contributed by atoms with Crippen LogP contribution in [-0.4, -0.2) is 56.3 Å². The molecule has 1 aliphatic carbocycles. The van der Waals surface area contributed by atoms with Crippen LogP contribution in [0.5, 0.6) is 0 Å². The number of aromatic nitrogens is 3. The topological polar surface area (TPSA) is 79.2 Å². The van der Waals surface area contributed by atoms with Crippen molar-refractivity contribution in [3.8, 4) is 0 Å². The van der Waals surface area contributed by atoms with Gasteiger partial charge in [-0.1, -0.05) is 6.92 Å². The van der Waals surface area contributed by atoms with Crippen LogP contribution in [0, 0.1) is 17.8 Å². The number of likely N-dealkylation sites (tertiary alicyclic amines) is 1. The van der Waals surface area contributed by atoms with Crippen molar-refractivity contribution in [2.75, 3.05) is 19.3 Å². The van der Waals surface area contributed by atoms with E-state index >= 15 is 0 Å². The first-order chi connectivity index (χ1) is 16.0. The molecule has 0 radical (unpaired) electrons. The molecule has 0 bridgehead atoms. The van der Waals surface area contributed by atoms with Crippen molar-refractivity contribution in [2.24, 2.45) is 17.8 Å². The summed E-state index contributed by atoms with van der Waals surface area (Å²) in [7, 11) is 0. The molecule has 2 fully saturated rings. The molecule has 1 saturated carbocycles. The van der Waals surface area contributed by atoms with E-state index in [4.69, 9.17) is 4.98 Å². The average Bonchev–Trinajstić information content (AvgIpc) is 3.52. The third-order valence-electron chi connectivity index (χ3n) is 7.04. The Balaban J connectivity index is 1.20. The fraction of sp³-hybridized carbons (Fsp3) is 0.520. The minimum Gasteiger partial charge on any atom is -0.391 e.